The van der Waals surface area contributed by atoms with Gasteiger partial charge in [-0.1, -0.05) is 0 Å². The Hall–Kier alpha value is -2.43. The average Bonchev–Trinajstić information content (AvgIpc) is 3.07. The number of likely N-dealkylation sites (tertiary alicyclic amines) is 1. The molecule has 2 aromatic rings. The Morgan fingerprint density at radius 2 is 1.91 bits per heavy atom. The number of ether oxygens (including phenoxy) is 1. The highest BCUT2D eigenvalue weighted by atomic mass is 19.4. The molecule has 2 saturated carbocycles. The fourth-order valence-corrected chi connectivity index (χ4v) is 5.92. The van der Waals surface area contributed by atoms with Crippen molar-refractivity contribution in [2.45, 2.75) is 63.4 Å². The van der Waals surface area contributed by atoms with Crippen LogP contribution in [0.5, 0.6) is 5.75 Å². The van der Waals surface area contributed by atoms with Crippen LogP contribution in [-0.4, -0.2) is 51.1 Å². The molecule has 2 unspecified atom stereocenters. The number of anilines is 1. The summed E-state index contributed by atoms with van der Waals surface area (Å²) in [6.45, 7) is 4.56. The minimum absolute atomic E-state index is 0.0516. The van der Waals surface area contributed by atoms with Crippen LogP contribution in [0.1, 0.15) is 50.8 Å². The van der Waals surface area contributed by atoms with Crippen LogP contribution in [0.4, 0.5) is 27.8 Å². The predicted octanol–water partition coefficient (Wildman–Crippen LogP) is 4.84. The fourth-order valence-electron chi connectivity index (χ4n) is 5.92. The number of rotatable bonds is 6. The normalized spacial score (nSPS) is 29.1. The highest BCUT2D eigenvalue weighted by molar-refractivity contribution is 5.64. The van der Waals surface area contributed by atoms with E-state index in [4.69, 9.17) is 5.73 Å². The minimum Gasteiger partial charge on any atom is -0.402 e. The maximum atomic E-state index is 12.9. The third kappa shape index (κ3) is 3.94. The van der Waals surface area contributed by atoms with Crippen LogP contribution in [0.25, 0.3) is 11.3 Å². The Labute approximate surface area is 187 Å². The second-order valence-electron chi connectivity index (χ2n) is 9.72. The van der Waals surface area contributed by atoms with Crippen LogP contribution < -0.4 is 10.5 Å². The Morgan fingerprint density at radius 1 is 1.21 bits per heavy atom. The van der Waals surface area contributed by atoms with Crippen molar-refractivity contribution in [3.8, 4) is 17.0 Å². The van der Waals surface area contributed by atoms with E-state index in [1.54, 1.807) is 0 Å². The van der Waals surface area contributed by atoms with Gasteiger partial charge in [0.15, 0.2) is 11.6 Å². The molecule has 1 saturated heterocycles. The molecule has 2 aromatic heterocycles. The lowest BCUT2D eigenvalue weighted by Crippen LogP contribution is -2.60. The van der Waals surface area contributed by atoms with Gasteiger partial charge in [-0.3, -0.25) is 9.58 Å². The van der Waals surface area contributed by atoms with Crippen molar-refractivity contribution >= 4 is 5.82 Å². The van der Waals surface area contributed by atoms with Gasteiger partial charge >= 0.3 is 6.36 Å². The van der Waals surface area contributed by atoms with E-state index in [0.717, 1.165) is 31.5 Å². The van der Waals surface area contributed by atoms with Crippen LogP contribution in [0.2, 0.25) is 0 Å². The molecule has 11 heteroatoms. The Balaban J connectivity index is 1.38. The number of nitrogens with zero attached hydrogens (tertiary/aromatic N) is 4. The lowest BCUT2D eigenvalue weighted by molar-refractivity contribution is -0.274. The van der Waals surface area contributed by atoms with Crippen molar-refractivity contribution in [1.82, 2.24) is 19.7 Å². The minimum atomic E-state index is -4.88. The van der Waals surface area contributed by atoms with E-state index < -0.39 is 18.5 Å². The summed E-state index contributed by atoms with van der Waals surface area (Å²) in [4.78, 5) is 5.79. The molecule has 1 aliphatic heterocycles. The maximum Gasteiger partial charge on any atom is 0.573 e. The van der Waals surface area contributed by atoms with Crippen LogP contribution in [0.3, 0.4) is 0 Å². The lowest BCUT2D eigenvalue weighted by atomic mass is 9.78. The second kappa shape index (κ2) is 7.54. The van der Waals surface area contributed by atoms with Gasteiger partial charge < -0.3 is 10.5 Å². The molecule has 1 spiro atoms. The smallest absolute Gasteiger partial charge is 0.402 e. The first kappa shape index (κ1) is 22.4. The van der Waals surface area contributed by atoms with Crippen LogP contribution in [-0.2, 0) is 0 Å². The van der Waals surface area contributed by atoms with Crippen molar-refractivity contribution in [1.29, 1.82) is 0 Å². The molecule has 6 nitrogen and oxygen atoms in total. The van der Waals surface area contributed by atoms with Gasteiger partial charge in [-0.2, -0.15) is 5.10 Å². The number of fused-ring (bicyclic) bond motifs is 1. The van der Waals surface area contributed by atoms with Gasteiger partial charge in [0.05, 0.1) is 12.2 Å². The molecule has 2 aliphatic carbocycles. The molecule has 3 fully saturated rings. The number of nitrogens with two attached hydrogens (primary N) is 1. The summed E-state index contributed by atoms with van der Waals surface area (Å²) < 4.78 is 69.8. The van der Waals surface area contributed by atoms with E-state index >= 15 is 0 Å². The van der Waals surface area contributed by atoms with E-state index in [2.05, 4.69) is 14.8 Å². The lowest BCUT2D eigenvalue weighted by Gasteiger charge is -2.52. The highest BCUT2D eigenvalue weighted by Gasteiger charge is 2.66. The SMILES string of the molecule is CC(C)n1nc(-c2cnc(N)c(OC(F)(F)F)c2)cc1C1[C@H]2CC3(CCN3CC(F)F)C[C@@H]12. The third-order valence-corrected chi connectivity index (χ3v) is 7.44. The summed E-state index contributed by atoms with van der Waals surface area (Å²) in [5.74, 6) is 0.203. The van der Waals surface area contributed by atoms with Gasteiger partial charge in [-0.05, 0) is 57.1 Å². The molecule has 33 heavy (non-hydrogen) atoms. The largest absolute Gasteiger partial charge is 0.573 e. The number of alkyl halides is 5. The molecule has 0 amide bonds. The van der Waals surface area contributed by atoms with Crippen molar-refractivity contribution in [3.63, 3.8) is 0 Å². The first-order valence-corrected chi connectivity index (χ1v) is 11.1. The molecule has 5 rings (SSSR count). The molecule has 0 radical (unpaired) electrons. The van der Waals surface area contributed by atoms with Gasteiger partial charge in [-0.25, -0.2) is 13.8 Å². The zero-order valence-electron chi connectivity index (χ0n) is 18.3. The number of pyridine rings is 1. The van der Waals surface area contributed by atoms with Gasteiger partial charge in [0.2, 0.25) is 0 Å². The number of halogens is 5. The van der Waals surface area contributed by atoms with E-state index in [9.17, 15) is 22.0 Å². The van der Waals surface area contributed by atoms with Crippen LogP contribution in [0.15, 0.2) is 18.3 Å². The van der Waals surface area contributed by atoms with E-state index in [0.29, 0.717) is 23.1 Å². The molecule has 0 aromatic carbocycles. The standard InChI is InChI=1S/C22H26F5N5O/c1-11(2)32-16(19-13-7-21(8-14(13)19)3-4-31(21)10-18(23)24)6-15(30-32)12-5-17(20(28)29-9-12)33-22(25,26)27/h5-6,9,11,13-14,18-19H,3-4,7-8,10H2,1-2H3,(H2,28,29)/t13-,14+,19?,21?. The van der Waals surface area contributed by atoms with Crippen molar-refractivity contribution in [2.75, 3.05) is 18.8 Å². The molecule has 180 valence electrons. The summed E-state index contributed by atoms with van der Waals surface area (Å²) in [5, 5.41) is 4.65. The highest BCUT2D eigenvalue weighted by Crippen LogP contribution is 2.69. The molecule has 2 N–H and O–H groups in total. The van der Waals surface area contributed by atoms with E-state index in [1.165, 1.54) is 12.3 Å². The summed E-state index contributed by atoms with van der Waals surface area (Å²) >= 11 is 0. The Morgan fingerprint density at radius 3 is 2.45 bits per heavy atom. The number of hydrogen-bond acceptors (Lipinski definition) is 5. The maximum absolute atomic E-state index is 12.9. The molecule has 3 aliphatic rings. The first-order valence-electron chi connectivity index (χ1n) is 11.1. The van der Waals surface area contributed by atoms with Gasteiger partial charge in [0, 0.05) is 41.5 Å². The van der Waals surface area contributed by atoms with Crippen molar-refractivity contribution in [3.05, 3.63) is 24.0 Å². The summed E-state index contributed by atoms with van der Waals surface area (Å²) in [7, 11) is 0. The predicted molar refractivity (Wildman–Crippen MR) is 111 cm³/mol. The summed E-state index contributed by atoms with van der Waals surface area (Å²) in [6, 6.07) is 3.15. The molecule has 0 bridgehead atoms. The first-order chi connectivity index (χ1) is 15.5. The van der Waals surface area contributed by atoms with Gasteiger partial charge in [-0.15, -0.1) is 13.2 Å². The zero-order valence-corrected chi connectivity index (χ0v) is 18.3. The van der Waals surface area contributed by atoms with Gasteiger partial charge in [0.1, 0.15) is 0 Å². The van der Waals surface area contributed by atoms with Crippen LogP contribution >= 0.6 is 0 Å². The quantitative estimate of drug-likeness (QED) is 0.611. The zero-order chi connectivity index (χ0) is 23.7. The topological polar surface area (TPSA) is 69.2 Å². The Bertz CT molecular complexity index is 1040. The molecular formula is C22H26F5N5O. The Kier molecular flexibility index (Phi) is 5.11. The molecular weight excluding hydrogens is 445 g/mol. The van der Waals surface area contributed by atoms with E-state index in [1.807, 2.05) is 29.5 Å². The second-order valence-corrected chi connectivity index (χ2v) is 9.72. The van der Waals surface area contributed by atoms with Crippen molar-refractivity contribution in [2.24, 2.45) is 11.8 Å². The number of hydrogen-bond donors (Lipinski definition) is 1. The van der Waals surface area contributed by atoms with Gasteiger partial charge in [0.25, 0.3) is 6.43 Å². The fraction of sp³-hybridized carbons (Fsp3) is 0.636. The average molecular weight is 471 g/mol. The summed E-state index contributed by atoms with van der Waals surface area (Å²) in [6.07, 6.45) is -3.04. The monoisotopic (exact) mass is 471 g/mol. The number of nitrogen functional groups attached to an aromatic ring is 1. The van der Waals surface area contributed by atoms with Crippen molar-refractivity contribution < 1.29 is 26.7 Å². The van der Waals surface area contributed by atoms with E-state index in [-0.39, 0.29) is 29.9 Å². The third-order valence-electron chi connectivity index (χ3n) is 7.44. The molecule has 3 heterocycles. The number of aromatic nitrogens is 3. The molecule has 4 atom stereocenters. The van der Waals surface area contributed by atoms with Crippen LogP contribution in [0, 0.1) is 11.8 Å². The summed E-state index contributed by atoms with van der Waals surface area (Å²) in [5.41, 5.74) is 7.38.